The van der Waals surface area contributed by atoms with Gasteiger partial charge in [0, 0.05) is 40.9 Å². The Morgan fingerprint density at radius 2 is 1.80 bits per heavy atom. The van der Waals surface area contributed by atoms with E-state index in [0.29, 0.717) is 12.5 Å². The fraction of sp³-hybridized carbons (Fsp3) is 0.370. The van der Waals surface area contributed by atoms with E-state index < -0.39 is 7.82 Å². The summed E-state index contributed by atoms with van der Waals surface area (Å²) >= 11 is 0. The van der Waals surface area contributed by atoms with Crippen LogP contribution in [-0.4, -0.2) is 38.2 Å². The molecule has 5 rings (SSSR count). The second kappa shape index (κ2) is 9.49. The molecular formula is C27H33N2O5P. The molecule has 7 nitrogen and oxygen atoms in total. The monoisotopic (exact) mass is 496 g/mol. The number of benzene rings is 3. The van der Waals surface area contributed by atoms with Crippen molar-refractivity contribution in [3.8, 4) is 0 Å². The molecule has 0 radical (unpaired) electrons. The molecule has 8 heteroatoms. The van der Waals surface area contributed by atoms with Gasteiger partial charge in [-0.15, -0.1) is 0 Å². The number of aliphatic hydroxyl groups excluding tert-OH is 1. The highest BCUT2D eigenvalue weighted by atomic mass is 31.2. The van der Waals surface area contributed by atoms with E-state index in [1.54, 1.807) is 0 Å². The Balaban J connectivity index is 0.000000527. The third kappa shape index (κ3) is 4.92. The average molecular weight is 497 g/mol. The number of β-amino-alcohol motifs (C(OH)–C–C–N with tert-alkyl or cyclic N) is 1. The van der Waals surface area contributed by atoms with Crippen molar-refractivity contribution in [2.45, 2.75) is 52.1 Å². The highest BCUT2D eigenvalue weighted by molar-refractivity contribution is 7.43. The first kappa shape index (κ1) is 25.5. The molecule has 0 amide bonds. The molecule has 1 aliphatic heterocycles. The van der Waals surface area contributed by atoms with Crippen LogP contribution in [0.15, 0.2) is 54.6 Å². The van der Waals surface area contributed by atoms with Crippen molar-refractivity contribution in [3.63, 3.8) is 0 Å². The Labute approximate surface area is 204 Å². The van der Waals surface area contributed by atoms with E-state index in [0.717, 1.165) is 13.0 Å². The van der Waals surface area contributed by atoms with Crippen LogP contribution in [0.3, 0.4) is 0 Å². The van der Waals surface area contributed by atoms with E-state index in [1.165, 1.54) is 43.2 Å². The molecule has 0 saturated heterocycles. The number of aliphatic hydroxyl groups is 1. The molecule has 0 bridgehead atoms. The Kier molecular flexibility index (Phi) is 6.93. The van der Waals surface area contributed by atoms with Crippen LogP contribution in [0.1, 0.15) is 45.6 Å². The molecular weight excluding hydrogens is 463 g/mol. The number of aryl methyl sites for hydroxylation is 1. The number of hydrogen-bond donors (Lipinski definition) is 3. The van der Waals surface area contributed by atoms with E-state index in [1.807, 2.05) is 0 Å². The van der Waals surface area contributed by atoms with Gasteiger partial charge >= 0.3 is 0 Å². The summed E-state index contributed by atoms with van der Waals surface area (Å²) in [6.45, 7) is 10.9. The number of nitrogens with zero attached hydrogens (tertiary/aromatic N) is 2. The van der Waals surface area contributed by atoms with Crippen LogP contribution < -0.4 is 14.8 Å². The fourth-order valence-electron chi connectivity index (χ4n) is 5.81. The van der Waals surface area contributed by atoms with Crippen LogP contribution >= 0.6 is 7.82 Å². The lowest BCUT2D eigenvalue weighted by atomic mass is 9.82. The molecule has 1 aliphatic rings. The molecule has 186 valence electrons. The summed E-state index contributed by atoms with van der Waals surface area (Å²) in [5, 5.41) is 17.6. The van der Waals surface area contributed by atoms with E-state index >= 15 is 0 Å². The normalized spacial score (nSPS) is 18.4. The van der Waals surface area contributed by atoms with Gasteiger partial charge in [-0.2, -0.15) is 0 Å². The molecule has 3 N–H and O–H groups in total. The zero-order chi connectivity index (χ0) is 25.5. The van der Waals surface area contributed by atoms with E-state index in [2.05, 4.69) is 91.4 Å². The van der Waals surface area contributed by atoms with Crippen molar-refractivity contribution in [2.75, 3.05) is 13.2 Å². The zero-order valence-electron chi connectivity index (χ0n) is 20.6. The predicted octanol–water partition coefficient (Wildman–Crippen LogP) is 3.03. The third-order valence-electron chi connectivity index (χ3n) is 7.00. The number of aromatic nitrogens is 1. The van der Waals surface area contributed by atoms with Gasteiger partial charge in [-0.25, -0.2) is 4.58 Å². The van der Waals surface area contributed by atoms with Crippen molar-refractivity contribution < 1.29 is 24.4 Å². The largest absolute Gasteiger partial charge is 0.756 e. The molecule has 3 aromatic carbocycles. The molecule has 0 saturated carbocycles. The van der Waals surface area contributed by atoms with Crippen molar-refractivity contribution >= 4 is 29.5 Å². The smallest absolute Gasteiger partial charge is 0.262 e. The first-order valence-electron chi connectivity index (χ1n) is 11.9. The molecule has 1 atom stereocenters. The van der Waals surface area contributed by atoms with Gasteiger partial charge in [0.2, 0.25) is 5.36 Å². The van der Waals surface area contributed by atoms with Gasteiger partial charge in [0.1, 0.15) is 6.61 Å². The molecule has 1 unspecified atom stereocenters. The summed E-state index contributed by atoms with van der Waals surface area (Å²) in [6.07, 6.45) is 1.09. The van der Waals surface area contributed by atoms with Crippen LogP contribution in [-0.2, 0) is 11.1 Å². The topological polar surface area (TPSA) is 109 Å². The summed E-state index contributed by atoms with van der Waals surface area (Å²) in [5.41, 5.74) is 2.76. The van der Waals surface area contributed by atoms with Crippen LogP contribution in [0.25, 0.3) is 21.7 Å². The number of hydrogen-bond acceptors (Lipinski definition) is 3. The number of rotatable bonds is 3. The highest BCUT2D eigenvalue weighted by Gasteiger charge is 2.38. The van der Waals surface area contributed by atoms with Gasteiger partial charge in [0.25, 0.3) is 7.82 Å². The van der Waals surface area contributed by atoms with Crippen LogP contribution in [0, 0.1) is 10.6 Å². The maximum absolute atomic E-state index is 9.67. The lowest BCUT2D eigenvalue weighted by Gasteiger charge is -2.30. The Morgan fingerprint density at radius 1 is 1.14 bits per heavy atom. The minimum Gasteiger partial charge on any atom is -0.756 e. The van der Waals surface area contributed by atoms with Crippen LogP contribution in [0.2, 0.25) is 0 Å². The van der Waals surface area contributed by atoms with E-state index in [-0.39, 0.29) is 12.1 Å². The minimum absolute atomic E-state index is 0.0500. The quantitative estimate of drug-likeness (QED) is 0.299. The zero-order valence-corrected chi connectivity index (χ0v) is 21.5. The van der Waals surface area contributed by atoms with Gasteiger partial charge in [0.15, 0.2) is 12.1 Å². The highest BCUT2D eigenvalue weighted by Crippen LogP contribution is 2.32. The Hall–Kier alpha value is -2.54. The van der Waals surface area contributed by atoms with E-state index in [9.17, 15) is 5.11 Å². The van der Waals surface area contributed by atoms with Gasteiger partial charge in [-0.05, 0) is 55.5 Å². The lowest BCUT2D eigenvalue weighted by molar-refractivity contribution is -0.214. The van der Waals surface area contributed by atoms with Crippen LogP contribution in [0.4, 0.5) is 0 Å². The number of phosphoric acid groups is 1. The molecule has 35 heavy (non-hydrogen) atoms. The molecule has 0 fully saturated rings. The second-order valence-corrected chi connectivity index (χ2v) is 10.8. The number of fused-ring (bicyclic) bond motifs is 1. The van der Waals surface area contributed by atoms with Crippen molar-refractivity contribution in [3.05, 3.63) is 76.1 Å². The molecule has 4 aromatic rings. The summed E-state index contributed by atoms with van der Waals surface area (Å²) < 4.78 is 13.6. The van der Waals surface area contributed by atoms with Gasteiger partial charge in [0.05, 0.1) is 5.35 Å². The molecule has 2 heterocycles. The van der Waals surface area contributed by atoms with Gasteiger partial charge in [-0.1, -0.05) is 37.3 Å². The summed E-state index contributed by atoms with van der Waals surface area (Å²) in [5.74, 6) is 0.486. The van der Waals surface area contributed by atoms with Crippen molar-refractivity contribution in [2.24, 2.45) is 0 Å². The van der Waals surface area contributed by atoms with Crippen molar-refractivity contribution in [1.82, 2.24) is 9.14 Å². The molecule has 0 aliphatic carbocycles. The Morgan fingerprint density at radius 3 is 2.43 bits per heavy atom. The third-order valence-corrected chi connectivity index (χ3v) is 7.00. The van der Waals surface area contributed by atoms with Crippen LogP contribution in [0.5, 0.6) is 0 Å². The molecule has 1 aromatic heterocycles. The molecule has 0 spiro atoms. The second-order valence-electron chi connectivity index (χ2n) is 9.83. The summed E-state index contributed by atoms with van der Waals surface area (Å²) in [6, 6.07) is 20.2. The standard InChI is InChI=1S/C27H31N2O.H3O4P/c1-5-28-24-11-7-9-19-8-6-10-21(25(19)24)26(28)20-12-13-23-22(16-20)18(2)17-27(3,4)29(23)14-15-30;1-5(2,3)4/h6-13,16,18,30H,5,14-15,17H2,1-4H3;(H3,1,2,3,4)/q+1;/p-1. The van der Waals surface area contributed by atoms with Crippen molar-refractivity contribution in [1.29, 1.82) is 0 Å². The predicted molar refractivity (Wildman–Crippen MR) is 137 cm³/mol. The SMILES string of the molecule is CCn1/c(=c2/ccc3c(c2)C(C)CC(C)(C)[N+]=3CCO)c2cccc3cccc1c32.O=P([O-])(O)O. The first-order valence-corrected chi connectivity index (χ1v) is 13.4. The Bertz CT molecular complexity index is 1570. The van der Waals surface area contributed by atoms with E-state index in [4.69, 9.17) is 19.2 Å². The summed E-state index contributed by atoms with van der Waals surface area (Å²) in [4.78, 5) is 22.9. The fourth-order valence-corrected chi connectivity index (χ4v) is 5.81. The maximum atomic E-state index is 9.67. The minimum atomic E-state index is -4.89. The van der Waals surface area contributed by atoms with Gasteiger partial charge < -0.3 is 24.4 Å². The van der Waals surface area contributed by atoms with Gasteiger partial charge in [-0.3, -0.25) is 4.57 Å². The lowest BCUT2D eigenvalue weighted by Crippen LogP contribution is -2.53. The summed E-state index contributed by atoms with van der Waals surface area (Å²) in [7, 11) is -4.89. The first-order chi connectivity index (χ1) is 16.5. The average Bonchev–Trinajstić information content (AvgIpc) is 3.10. The maximum Gasteiger partial charge on any atom is 0.262 e.